The molecular formula is C32H41N3O6. The highest BCUT2D eigenvalue weighted by atomic mass is 16.5. The van der Waals surface area contributed by atoms with Crippen molar-refractivity contribution in [3.05, 3.63) is 53.6 Å². The van der Waals surface area contributed by atoms with Gasteiger partial charge in [-0.2, -0.15) is 0 Å². The predicted molar refractivity (Wildman–Crippen MR) is 156 cm³/mol. The van der Waals surface area contributed by atoms with Crippen LogP contribution in [-0.2, 0) is 19.1 Å². The van der Waals surface area contributed by atoms with Crippen molar-refractivity contribution in [1.29, 1.82) is 0 Å². The van der Waals surface area contributed by atoms with Gasteiger partial charge in [-0.25, -0.2) is 0 Å². The van der Waals surface area contributed by atoms with Gasteiger partial charge in [0.1, 0.15) is 17.4 Å². The lowest BCUT2D eigenvalue weighted by Gasteiger charge is -2.33. The Hall–Kier alpha value is -3.43. The number of hydrogen-bond acceptors (Lipinski definition) is 6. The Morgan fingerprint density at radius 1 is 1.02 bits per heavy atom. The lowest BCUT2D eigenvalue weighted by molar-refractivity contribution is -0.143. The molecule has 2 aromatic carbocycles. The highest BCUT2D eigenvalue weighted by Gasteiger charge is 2.77. The third-order valence-corrected chi connectivity index (χ3v) is 9.03. The van der Waals surface area contributed by atoms with Crippen molar-refractivity contribution < 1.29 is 29.0 Å². The largest absolute Gasteiger partial charge is 0.494 e. The molecule has 3 N–H and O–H groups in total. The Labute approximate surface area is 241 Å². The van der Waals surface area contributed by atoms with E-state index < -0.39 is 29.1 Å². The molecule has 5 rings (SSSR count). The number of aryl methyl sites for hydroxylation is 2. The summed E-state index contributed by atoms with van der Waals surface area (Å²) in [7, 11) is 0. The van der Waals surface area contributed by atoms with Crippen LogP contribution >= 0.6 is 0 Å². The number of aliphatic hydroxyl groups excluding tert-OH is 1. The molecule has 0 aliphatic carbocycles. The second-order valence-electron chi connectivity index (χ2n) is 11.7. The monoisotopic (exact) mass is 563 g/mol. The lowest BCUT2D eigenvalue weighted by atomic mass is 9.66. The fourth-order valence-corrected chi connectivity index (χ4v) is 7.16. The molecule has 3 aliphatic rings. The van der Waals surface area contributed by atoms with E-state index in [4.69, 9.17) is 9.47 Å². The van der Waals surface area contributed by atoms with Crippen LogP contribution in [-0.4, -0.2) is 64.7 Å². The molecule has 2 bridgehead atoms. The van der Waals surface area contributed by atoms with Crippen LogP contribution in [0.2, 0.25) is 0 Å². The van der Waals surface area contributed by atoms with E-state index in [1.54, 1.807) is 29.2 Å². The summed E-state index contributed by atoms with van der Waals surface area (Å²) in [5.74, 6) is -1.60. The van der Waals surface area contributed by atoms with Gasteiger partial charge >= 0.3 is 0 Å². The number of amides is 3. The quantitative estimate of drug-likeness (QED) is 0.353. The van der Waals surface area contributed by atoms with Crippen LogP contribution in [0.5, 0.6) is 5.75 Å². The molecule has 1 spiro atoms. The number of rotatable bonds is 11. The molecule has 2 aromatic rings. The van der Waals surface area contributed by atoms with E-state index in [0.717, 1.165) is 23.2 Å². The van der Waals surface area contributed by atoms with Crippen molar-refractivity contribution in [2.75, 3.05) is 30.4 Å². The fraction of sp³-hybridized carbons (Fsp3) is 0.531. The highest BCUT2D eigenvalue weighted by molar-refractivity contribution is 6.05. The first-order valence-corrected chi connectivity index (χ1v) is 14.7. The summed E-state index contributed by atoms with van der Waals surface area (Å²) in [6, 6.07) is 12.1. The summed E-state index contributed by atoms with van der Waals surface area (Å²) in [6.45, 7) is 8.66. The molecule has 0 saturated carbocycles. The first-order chi connectivity index (χ1) is 19.6. The first-order valence-electron chi connectivity index (χ1n) is 14.7. The zero-order valence-corrected chi connectivity index (χ0v) is 24.4. The number of ether oxygens (including phenoxy) is 2. The van der Waals surface area contributed by atoms with Crippen molar-refractivity contribution in [1.82, 2.24) is 4.90 Å². The molecule has 9 heteroatoms. The van der Waals surface area contributed by atoms with Gasteiger partial charge in [0.25, 0.3) is 0 Å². The molecule has 3 heterocycles. The Morgan fingerprint density at radius 3 is 2.39 bits per heavy atom. The molecule has 2 unspecified atom stereocenters. The van der Waals surface area contributed by atoms with Crippen LogP contribution in [0, 0.1) is 25.7 Å². The summed E-state index contributed by atoms with van der Waals surface area (Å²) in [5, 5.41) is 15.4. The molecule has 41 heavy (non-hydrogen) atoms. The maximum atomic E-state index is 14.2. The van der Waals surface area contributed by atoms with Crippen molar-refractivity contribution >= 4 is 29.1 Å². The van der Waals surface area contributed by atoms with Crippen molar-refractivity contribution in [3.63, 3.8) is 0 Å². The van der Waals surface area contributed by atoms with Crippen molar-refractivity contribution in [2.24, 2.45) is 11.8 Å². The number of aliphatic hydroxyl groups is 1. The molecule has 5 atom stereocenters. The zero-order chi connectivity index (χ0) is 29.4. The first kappa shape index (κ1) is 29.1. The van der Waals surface area contributed by atoms with E-state index >= 15 is 0 Å². The van der Waals surface area contributed by atoms with Gasteiger partial charge < -0.3 is 30.1 Å². The van der Waals surface area contributed by atoms with Crippen molar-refractivity contribution in [3.8, 4) is 5.75 Å². The van der Waals surface area contributed by atoms with Crippen LogP contribution in [0.15, 0.2) is 42.5 Å². The predicted octanol–water partition coefficient (Wildman–Crippen LogP) is 4.21. The van der Waals surface area contributed by atoms with Crippen LogP contribution in [0.1, 0.15) is 57.1 Å². The SMILES string of the molecule is CCOc1ccc(NC(=O)[C@@H]2[C@H]3C(=O)N(CCCCCO)C(C(=O)Nc4c(C)cccc4C)C34CC[C@@]2(C)O4)cc1. The number of anilines is 2. The van der Waals surface area contributed by atoms with Crippen molar-refractivity contribution in [2.45, 2.75) is 77.0 Å². The van der Waals surface area contributed by atoms with Crippen LogP contribution < -0.4 is 15.4 Å². The van der Waals surface area contributed by atoms with Gasteiger partial charge in [-0.3, -0.25) is 14.4 Å². The van der Waals surface area contributed by atoms with Crippen LogP contribution in [0.25, 0.3) is 0 Å². The summed E-state index contributed by atoms with van der Waals surface area (Å²) in [4.78, 5) is 43.8. The van der Waals surface area contributed by atoms with Gasteiger partial charge in [0.2, 0.25) is 17.7 Å². The minimum atomic E-state index is -1.09. The number of carbonyl (C=O) groups excluding carboxylic acids is 3. The topological polar surface area (TPSA) is 117 Å². The van der Waals surface area contributed by atoms with E-state index in [0.29, 0.717) is 50.3 Å². The van der Waals surface area contributed by atoms with E-state index in [2.05, 4.69) is 10.6 Å². The number of unbranched alkanes of at least 4 members (excludes halogenated alkanes) is 2. The van der Waals surface area contributed by atoms with Gasteiger partial charge in [0.15, 0.2) is 0 Å². The van der Waals surface area contributed by atoms with E-state index in [9.17, 15) is 19.5 Å². The Bertz CT molecular complexity index is 1290. The molecule has 3 amide bonds. The number of nitrogens with one attached hydrogen (secondary N) is 2. The molecule has 0 aromatic heterocycles. The highest BCUT2D eigenvalue weighted by Crippen LogP contribution is 2.63. The number of likely N-dealkylation sites (tertiary alicyclic amines) is 1. The summed E-state index contributed by atoms with van der Waals surface area (Å²) >= 11 is 0. The summed E-state index contributed by atoms with van der Waals surface area (Å²) < 4.78 is 12.2. The molecular weight excluding hydrogens is 522 g/mol. The molecule has 0 radical (unpaired) electrons. The smallest absolute Gasteiger partial charge is 0.250 e. The zero-order valence-electron chi connectivity index (χ0n) is 24.4. The minimum Gasteiger partial charge on any atom is -0.494 e. The maximum absolute atomic E-state index is 14.2. The standard InChI is InChI=1S/C32H41N3O6/c1-5-40-23-14-12-22(13-15-23)33-28(37)24-25-30(39)35(18-7-6-8-19-36)27(32(25)17-16-31(24,4)41-32)29(38)34-26-20(2)10-9-11-21(26)3/h9-15,24-25,27,36H,5-8,16-19H2,1-4H3,(H,33,37)(H,34,38)/t24-,25-,27?,31+,32?/m0/s1. The third-order valence-electron chi connectivity index (χ3n) is 9.03. The molecule has 3 fully saturated rings. The molecule has 3 saturated heterocycles. The Balaban J connectivity index is 1.45. The van der Waals surface area contributed by atoms with E-state index in [1.165, 1.54) is 0 Å². The Morgan fingerprint density at radius 2 is 1.73 bits per heavy atom. The summed E-state index contributed by atoms with van der Waals surface area (Å²) in [6.07, 6.45) is 3.08. The number of hydrogen-bond donors (Lipinski definition) is 3. The Kier molecular flexibility index (Phi) is 8.12. The normalized spacial score (nSPS) is 28.1. The molecule has 3 aliphatic heterocycles. The van der Waals surface area contributed by atoms with Gasteiger partial charge in [0, 0.05) is 24.5 Å². The fourth-order valence-electron chi connectivity index (χ4n) is 7.16. The number of carbonyl (C=O) groups is 3. The van der Waals surface area contributed by atoms with Gasteiger partial charge in [-0.15, -0.1) is 0 Å². The molecule has 220 valence electrons. The average Bonchev–Trinajstić information content (AvgIpc) is 3.50. The van der Waals surface area contributed by atoms with E-state index in [-0.39, 0.29) is 24.3 Å². The van der Waals surface area contributed by atoms with E-state index in [1.807, 2.05) is 45.9 Å². The molecule has 9 nitrogen and oxygen atoms in total. The number of fused-ring (bicyclic) bond motifs is 1. The van der Waals surface area contributed by atoms with Gasteiger partial charge in [-0.05, 0) is 95.2 Å². The second-order valence-corrected chi connectivity index (χ2v) is 11.7. The number of nitrogens with zero attached hydrogens (tertiary/aromatic N) is 1. The minimum absolute atomic E-state index is 0.0756. The van der Waals surface area contributed by atoms with Crippen LogP contribution in [0.4, 0.5) is 11.4 Å². The van der Waals surface area contributed by atoms with Gasteiger partial charge in [-0.1, -0.05) is 18.2 Å². The average molecular weight is 564 g/mol. The van der Waals surface area contributed by atoms with Gasteiger partial charge in [0.05, 0.1) is 24.0 Å². The third kappa shape index (κ3) is 5.10. The number of para-hydroxylation sites is 1. The second kappa shape index (κ2) is 11.4. The lowest BCUT2D eigenvalue weighted by Crippen LogP contribution is -2.53. The summed E-state index contributed by atoms with van der Waals surface area (Å²) in [5.41, 5.74) is 1.24. The maximum Gasteiger partial charge on any atom is 0.250 e. The van der Waals surface area contributed by atoms with Crippen LogP contribution in [0.3, 0.4) is 0 Å². The number of benzene rings is 2.